The molecule has 0 spiro atoms. The predicted octanol–water partition coefficient (Wildman–Crippen LogP) is 1.12. The first-order valence-corrected chi connectivity index (χ1v) is 8.21. The molecule has 0 bridgehead atoms. The molecule has 8 heteroatoms. The number of aliphatic imine (C=N–C) groups is 1. The Morgan fingerprint density at radius 2 is 2.04 bits per heavy atom. The second kappa shape index (κ2) is 11.3. The third-order valence-electron chi connectivity index (χ3n) is 3.86. The van der Waals surface area contributed by atoms with Crippen LogP contribution in [-0.4, -0.2) is 67.5 Å². The molecule has 1 fully saturated rings. The predicted molar refractivity (Wildman–Crippen MR) is 106 cm³/mol. The number of carbonyl (C=O) groups is 1. The SMILES string of the molecule is CCNC(=NCc1ccco1)NCCN1CCN(C(C)=O)CC1.I. The summed E-state index contributed by atoms with van der Waals surface area (Å²) in [6.45, 7) is 10.3. The van der Waals surface area contributed by atoms with Crippen LogP contribution >= 0.6 is 24.0 Å². The van der Waals surface area contributed by atoms with Gasteiger partial charge in [0.15, 0.2) is 5.96 Å². The van der Waals surface area contributed by atoms with Crippen molar-refractivity contribution in [1.82, 2.24) is 20.4 Å². The van der Waals surface area contributed by atoms with Gasteiger partial charge in [-0.25, -0.2) is 4.99 Å². The second-order valence-corrected chi connectivity index (χ2v) is 5.55. The molecule has 0 aliphatic carbocycles. The Hall–Kier alpha value is -1.29. The lowest BCUT2D eigenvalue weighted by Gasteiger charge is -2.34. The summed E-state index contributed by atoms with van der Waals surface area (Å²) in [5.74, 6) is 1.82. The number of nitrogens with one attached hydrogen (secondary N) is 2. The molecule has 0 radical (unpaired) electrons. The minimum atomic E-state index is 0. The van der Waals surface area contributed by atoms with Gasteiger partial charge in [-0.1, -0.05) is 0 Å². The largest absolute Gasteiger partial charge is 0.467 e. The van der Waals surface area contributed by atoms with Crippen LogP contribution in [0.5, 0.6) is 0 Å². The maximum atomic E-state index is 11.3. The highest BCUT2D eigenvalue weighted by Crippen LogP contribution is 2.02. The highest BCUT2D eigenvalue weighted by atomic mass is 127. The van der Waals surface area contributed by atoms with Crippen molar-refractivity contribution >= 4 is 35.8 Å². The summed E-state index contributed by atoms with van der Waals surface area (Å²) in [7, 11) is 0. The Labute approximate surface area is 160 Å². The number of carbonyl (C=O) groups excluding carboxylic acids is 1. The molecule has 7 nitrogen and oxygen atoms in total. The van der Waals surface area contributed by atoms with Crippen molar-refractivity contribution in [3.05, 3.63) is 24.2 Å². The number of amides is 1. The first kappa shape index (κ1) is 20.8. The lowest BCUT2D eigenvalue weighted by molar-refractivity contribution is -0.130. The van der Waals surface area contributed by atoms with E-state index in [9.17, 15) is 4.79 Å². The number of halogens is 1. The number of hydrogen-bond donors (Lipinski definition) is 2. The number of rotatable bonds is 6. The first-order chi connectivity index (χ1) is 11.2. The summed E-state index contributed by atoms with van der Waals surface area (Å²) < 4.78 is 5.29. The third kappa shape index (κ3) is 7.08. The summed E-state index contributed by atoms with van der Waals surface area (Å²) in [4.78, 5) is 20.1. The van der Waals surface area contributed by atoms with E-state index in [0.717, 1.165) is 57.5 Å². The summed E-state index contributed by atoms with van der Waals surface area (Å²) >= 11 is 0. The van der Waals surface area contributed by atoms with E-state index in [-0.39, 0.29) is 29.9 Å². The van der Waals surface area contributed by atoms with Crippen LogP contribution in [-0.2, 0) is 11.3 Å². The van der Waals surface area contributed by atoms with Gasteiger partial charge in [-0.05, 0) is 19.1 Å². The van der Waals surface area contributed by atoms with Crippen molar-refractivity contribution in [3.8, 4) is 0 Å². The van der Waals surface area contributed by atoms with E-state index in [2.05, 4.69) is 20.5 Å². The quantitative estimate of drug-likeness (QED) is 0.387. The third-order valence-corrected chi connectivity index (χ3v) is 3.86. The van der Waals surface area contributed by atoms with Crippen molar-refractivity contribution < 1.29 is 9.21 Å². The molecular weight excluding hydrogens is 421 g/mol. The van der Waals surface area contributed by atoms with Crippen molar-refractivity contribution in [3.63, 3.8) is 0 Å². The smallest absolute Gasteiger partial charge is 0.219 e. The van der Waals surface area contributed by atoms with Gasteiger partial charge in [-0.2, -0.15) is 0 Å². The normalized spacial score (nSPS) is 15.8. The molecule has 1 aromatic rings. The van der Waals surface area contributed by atoms with E-state index in [1.165, 1.54) is 0 Å². The fraction of sp³-hybridized carbons (Fsp3) is 0.625. The van der Waals surface area contributed by atoms with Crippen molar-refractivity contribution in [2.75, 3.05) is 45.8 Å². The first-order valence-electron chi connectivity index (χ1n) is 8.21. The Morgan fingerprint density at radius 3 is 2.62 bits per heavy atom. The molecule has 0 atom stereocenters. The molecule has 2 rings (SSSR count). The molecule has 24 heavy (non-hydrogen) atoms. The standard InChI is InChI=1S/C16H27N5O2.HI/c1-3-17-16(19-13-15-5-4-12-23-15)18-6-7-20-8-10-21(11-9-20)14(2)22;/h4-5,12H,3,6-11,13H2,1-2H3,(H2,17,18,19);1H. The lowest BCUT2D eigenvalue weighted by Crippen LogP contribution is -2.50. The van der Waals surface area contributed by atoms with Crippen molar-refractivity contribution in [2.24, 2.45) is 4.99 Å². The van der Waals surface area contributed by atoms with Crippen molar-refractivity contribution in [1.29, 1.82) is 0 Å². The van der Waals surface area contributed by atoms with Crippen LogP contribution < -0.4 is 10.6 Å². The molecule has 1 aromatic heterocycles. The van der Waals surface area contributed by atoms with Crippen LogP contribution in [0.2, 0.25) is 0 Å². The number of hydrogen-bond acceptors (Lipinski definition) is 4. The van der Waals surface area contributed by atoms with Crippen LogP contribution in [0.25, 0.3) is 0 Å². The average Bonchev–Trinajstić information content (AvgIpc) is 3.06. The Kier molecular flexibility index (Phi) is 9.77. The van der Waals surface area contributed by atoms with Gasteiger partial charge < -0.3 is 20.0 Å². The number of furan rings is 1. The van der Waals surface area contributed by atoms with Crippen LogP contribution in [0.4, 0.5) is 0 Å². The van der Waals surface area contributed by atoms with Crippen LogP contribution in [0.1, 0.15) is 19.6 Å². The topological polar surface area (TPSA) is 73.1 Å². The average molecular weight is 449 g/mol. The number of nitrogens with zero attached hydrogens (tertiary/aromatic N) is 3. The summed E-state index contributed by atoms with van der Waals surface area (Å²) in [6, 6.07) is 3.79. The molecule has 0 aromatic carbocycles. The minimum Gasteiger partial charge on any atom is -0.467 e. The van der Waals surface area contributed by atoms with E-state index >= 15 is 0 Å². The number of guanidine groups is 1. The van der Waals surface area contributed by atoms with Gasteiger partial charge in [0.05, 0.1) is 6.26 Å². The van der Waals surface area contributed by atoms with Gasteiger partial charge in [0.25, 0.3) is 0 Å². The van der Waals surface area contributed by atoms with Gasteiger partial charge in [0.1, 0.15) is 12.3 Å². The van der Waals surface area contributed by atoms with Gasteiger partial charge in [0.2, 0.25) is 5.91 Å². The van der Waals surface area contributed by atoms with Crippen LogP contribution in [0, 0.1) is 0 Å². The Balaban J connectivity index is 0.00000288. The molecule has 2 heterocycles. The molecule has 0 unspecified atom stereocenters. The molecule has 1 amide bonds. The Bertz CT molecular complexity index is 499. The van der Waals surface area contributed by atoms with Gasteiger partial charge in [0, 0.05) is 52.7 Å². The van der Waals surface area contributed by atoms with Crippen LogP contribution in [0.15, 0.2) is 27.8 Å². The molecular formula is C16H28IN5O2. The zero-order chi connectivity index (χ0) is 16.5. The maximum absolute atomic E-state index is 11.3. The van der Waals surface area contributed by atoms with E-state index in [4.69, 9.17) is 4.42 Å². The zero-order valence-electron chi connectivity index (χ0n) is 14.5. The van der Waals surface area contributed by atoms with Crippen molar-refractivity contribution in [2.45, 2.75) is 20.4 Å². The summed E-state index contributed by atoms with van der Waals surface area (Å²) in [6.07, 6.45) is 1.66. The van der Waals surface area contributed by atoms with Crippen LogP contribution in [0.3, 0.4) is 0 Å². The van der Waals surface area contributed by atoms with Gasteiger partial charge >= 0.3 is 0 Å². The van der Waals surface area contributed by atoms with E-state index in [1.807, 2.05) is 24.0 Å². The van der Waals surface area contributed by atoms with E-state index in [1.54, 1.807) is 13.2 Å². The fourth-order valence-corrected chi connectivity index (χ4v) is 2.52. The highest BCUT2D eigenvalue weighted by Gasteiger charge is 2.17. The molecule has 1 aliphatic heterocycles. The minimum absolute atomic E-state index is 0. The molecule has 1 saturated heterocycles. The summed E-state index contributed by atoms with van der Waals surface area (Å²) in [5.41, 5.74) is 0. The second-order valence-electron chi connectivity index (χ2n) is 5.55. The zero-order valence-corrected chi connectivity index (χ0v) is 16.8. The molecule has 0 saturated carbocycles. The van der Waals surface area contributed by atoms with E-state index < -0.39 is 0 Å². The Morgan fingerprint density at radius 1 is 1.29 bits per heavy atom. The molecule has 136 valence electrons. The molecule has 1 aliphatic rings. The monoisotopic (exact) mass is 449 g/mol. The lowest BCUT2D eigenvalue weighted by atomic mass is 10.3. The van der Waals surface area contributed by atoms with Gasteiger partial charge in [-0.3, -0.25) is 9.69 Å². The molecule has 2 N–H and O–H groups in total. The highest BCUT2D eigenvalue weighted by molar-refractivity contribution is 14.0. The summed E-state index contributed by atoms with van der Waals surface area (Å²) in [5, 5.41) is 6.57. The number of piperazine rings is 1. The fourth-order valence-electron chi connectivity index (χ4n) is 2.52. The maximum Gasteiger partial charge on any atom is 0.219 e. The van der Waals surface area contributed by atoms with E-state index in [0.29, 0.717) is 6.54 Å². The van der Waals surface area contributed by atoms with Gasteiger partial charge in [-0.15, -0.1) is 24.0 Å².